The van der Waals surface area contributed by atoms with Crippen molar-refractivity contribution in [1.82, 2.24) is 19.5 Å². The molecule has 22 heavy (non-hydrogen) atoms. The summed E-state index contributed by atoms with van der Waals surface area (Å²) >= 11 is 2.15. The minimum atomic E-state index is -0.254. The quantitative estimate of drug-likeness (QED) is 0.640. The van der Waals surface area contributed by atoms with Crippen molar-refractivity contribution in [2.45, 2.75) is 6.54 Å². The maximum atomic E-state index is 12.3. The van der Waals surface area contributed by atoms with Gasteiger partial charge < -0.3 is 15.0 Å². The van der Waals surface area contributed by atoms with Gasteiger partial charge in [-0.15, -0.1) is 0 Å². The number of aliphatic hydroxyl groups excluding tert-OH is 1. The van der Waals surface area contributed by atoms with Crippen molar-refractivity contribution in [3.8, 4) is 0 Å². The van der Waals surface area contributed by atoms with Gasteiger partial charge in [-0.25, -0.2) is 15.0 Å². The maximum Gasteiger partial charge on any atom is 0.256 e. The summed E-state index contributed by atoms with van der Waals surface area (Å²) in [5, 5.41) is 11.8. The summed E-state index contributed by atoms with van der Waals surface area (Å²) in [4.78, 5) is 24.7. The minimum absolute atomic E-state index is 0.0143. The van der Waals surface area contributed by atoms with Crippen molar-refractivity contribution < 1.29 is 9.90 Å². The van der Waals surface area contributed by atoms with Crippen LogP contribution >= 0.6 is 22.6 Å². The molecule has 0 aliphatic rings. The zero-order valence-corrected chi connectivity index (χ0v) is 13.6. The Kier molecular flexibility index (Phi) is 4.29. The normalized spacial score (nSPS) is 10.8. The topological polar surface area (TPSA) is 92.9 Å². The van der Waals surface area contributed by atoms with Crippen LogP contribution in [0.2, 0.25) is 0 Å². The second kappa shape index (κ2) is 6.36. The van der Waals surface area contributed by atoms with Crippen molar-refractivity contribution in [3.63, 3.8) is 0 Å². The lowest BCUT2D eigenvalue weighted by Crippen LogP contribution is -2.13. The van der Waals surface area contributed by atoms with Gasteiger partial charge in [0.05, 0.1) is 12.9 Å². The molecule has 8 heteroatoms. The summed E-state index contributed by atoms with van der Waals surface area (Å²) in [5.74, 6) is 0.0979. The number of fused-ring (bicyclic) bond motifs is 1. The Labute approximate surface area is 139 Å². The Morgan fingerprint density at radius 1 is 1.32 bits per heavy atom. The van der Waals surface area contributed by atoms with Gasteiger partial charge in [0.15, 0.2) is 17.0 Å². The number of hydrogen-bond donors (Lipinski definition) is 2. The van der Waals surface area contributed by atoms with Crippen molar-refractivity contribution in [1.29, 1.82) is 0 Å². The van der Waals surface area contributed by atoms with Gasteiger partial charge in [-0.2, -0.15) is 0 Å². The van der Waals surface area contributed by atoms with Crippen LogP contribution in [0.25, 0.3) is 11.2 Å². The Morgan fingerprint density at radius 3 is 2.95 bits per heavy atom. The first-order valence-corrected chi connectivity index (χ1v) is 7.60. The third-order valence-corrected chi connectivity index (χ3v) is 3.73. The number of aliphatic hydroxyl groups is 1. The van der Waals surface area contributed by atoms with E-state index in [0.717, 1.165) is 3.57 Å². The molecule has 3 aromatic rings. The molecule has 112 valence electrons. The molecule has 0 fully saturated rings. The Bertz CT molecular complexity index is 833. The van der Waals surface area contributed by atoms with E-state index in [-0.39, 0.29) is 12.5 Å². The lowest BCUT2D eigenvalue weighted by Gasteiger charge is -2.05. The Morgan fingerprint density at radius 2 is 2.18 bits per heavy atom. The molecule has 2 N–H and O–H groups in total. The molecule has 2 aromatic heterocycles. The molecule has 1 amide bonds. The molecule has 0 aliphatic carbocycles. The van der Waals surface area contributed by atoms with Gasteiger partial charge in [0.2, 0.25) is 0 Å². The summed E-state index contributed by atoms with van der Waals surface area (Å²) in [6, 6.07) is 7.26. The van der Waals surface area contributed by atoms with E-state index in [9.17, 15) is 4.79 Å². The van der Waals surface area contributed by atoms with Crippen LogP contribution in [0.3, 0.4) is 0 Å². The monoisotopic (exact) mass is 409 g/mol. The standard InChI is InChI=1S/C14H12IN5O2/c15-10-3-1-2-9(6-10)14(22)19-12-11-13(17-7-16-12)20(4-5-21)8-18-11/h1-3,6-8,21H,4-5H2,(H,16,17,19,22). The van der Waals surface area contributed by atoms with Crippen molar-refractivity contribution in [2.75, 3.05) is 11.9 Å². The molecular weight excluding hydrogens is 397 g/mol. The van der Waals surface area contributed by atoms with E-state index in [1.807, 2.05) is 12.1 Å². The number of nitrogens with one attached hydrogen (secondary N) is 1. The summed E-state index contributed by atoms with van der Waals surface area (Å²) in [5.41, 5.74) is 1.62. The number of rotatable bonds is 4. The lowest BCUT2D eigenvalue weighted by molar-refractivity contribution is 0.102. The highest BCUT2D eigenvalue weighted by Crippen LogP contribution is 2.18. The zero-order valence-electron chi connectivity index (χ0n) is 11.4. The fourth-order valence-corrected chi connectivity index (χ4v) is 2.60. The van der Waals surface area contributed by atoms with Crippen LogP contribution in [0.4, 0.5) is 5.82 Å². The molecule has 0 unspecified atom stereocenters. The van der Waals surface area contributed by atoms with Gasteiger partial charge in [0.25, 0.3) is 5.91 Å². The van der Waals surface area contributed by atoms with Crippen LogP contribution in [-0.4, -0.2) is 37.1 Å². The molecule has 0 radical (unpaired) electrons. The number of carbonyl (C=O) groups excluding carboxylic acids is 1. The van der Waals surface area contributed by atoms with Crippen LogP contribution in [0.5, 0.6) is 0 Å². The van der Waals surface area contributed by atoms with Crippen LogP contribution in [0.15, 0.2) is 36.9 Å². The average Bonchev–Trinajstić information content (AvgIpc) is 2.92. The molecule has 7 nitrogen and oxygen atoms in total. The lowest BCUT2D eigenvalue weighted by atomic mass is 10.2. The highest BCUT2D eigenvalue weighted by Gasteiger charge is 2.13. The summed E-state index contributed by atoms with van der Waals surface area (Å²) < 4.78 is 2.68. The molecule has 0 saturated heterocycles. The predicted octanol–water partition coefficient (Wildman–Crippen LogP) is 1.68. The Balaban J connectivity index is 1.92. The molecule has 0 atom stereocenters. The third kappa shape index (κ3) is 2.92. The smallest absolute Gasteiger partial charge is 0.256 e. The van der Waals surface area contributed by atoms with Gasteiger partial charge in [0.1, 0.15) is 6.33 Å². The Hall–Kier alpha value is -2.07. The number of anilines is 1. The van der Waals surface area contributed by atoms with E-state index < -0.39 is 0 Å². The number of benzene rings is 1. The SMILES string of the molecule is O=C(Nc1ncnc2c1ncn2CCO)c1cccc(I)c1. The van der Waals surface area contributed by atoms with Crippen molar-refractivity contribution >= 4 is 45.5 Å². The molecule has 3 rings (SSSR count). The van der Waals surface area contributed by atoms with Gasteiger partial charge in [-0.1, -0.05) is 6.07 Å². The number of amides is 1. The van der Waals surface area contributed by atoms with Gasteiger partial charge in [-0.3, -0.25) is 4.79 Å². The number of imidazole rings is 1. The van der Waals surface area contributed by atoms with Crippen molar-refractivity contribution in [3.05, 3.63) is 46.1 Å². The van der Waals surface area contributed by atoms with Crippen LogP contribution in [-0.2, 0) is 6.54 Å². The molecule has 0 spiro atoms. The fourth-order valence-electron chi connectivity index (χ4n) is 2.05. The molecule has 0 saturated carbocycles. The average molecular weight is 409 g/mol. The molecular formula is C14H12IN5O2. The largest absolute Gasteiger partial charge is 0.395 e. The molecule has 0 aliphatic heterocycles. The number of halogens is 1. The van der Waals surface area contributed by atoms with Gasteiger partial charge >= 0.3 is 0 Å². The number of hydrogen-bond acceptors (Lipinski definition) is 5. The first-order chi connectivity index (χ1) is 10.7. The maximum absolute atomic E-state index is 12.3. The zero-order chi connectivity index (χ0) is 15.5. The second-order valence-electron chi connectivity index (χ2n) is 4.52. The molecule has 1 aromatic carbocycles. The first-order valence-electron chi connectivity index (χ1n) is 6.52. The van der Waals surface area contributed by atoms with Crippen LogP contribution in [0.1, 0.15) is 10.4 Å². The first kappa shape index (κ1) is 14.9. The van der Waals surface area contributed by atoms with E-state index in [1.165, 1.54) is 6.33 Å². The van der Waals surface area contributed by atoms with Crippen molar-refractivity contribution in [2.24, 2.45) is 0 Å². The number of nitrogens with zero attached hydrogens (tertiary/aromatic N) is 4. The third-order valence-electron chi connectivity index (χ3n) is 3.06. The highest BCUT2D eigenvalue weighted by atomic mass is 127. The van der Waals surface area contributed by atoms with E-state index >= 15 is 0 Å². The summed E-state index contributed by atoms with van der Waals surface area (Å²) in [6.07, 6.45) is 2.93. The fraction of sp³-hybridized carbons (Fsp3) is 0.143. The summed E-state index contributed by atoms with van der Waals surface area (Å²) in [6.45, 7) is 0.372. The predicted molar refractivity (Wildman–Crippen MR) is 89.5 cm³/mol. The molecule has 2 heterocycles. The summed E-state index contributed by atoms with van der Waals surface area (Å²) in [7, 11) is 0. The number of carbonyl (C=O) groups is 1. The van der Waals surface area contributed by atoms with Gasteiger partial charge in [-0.05, 0) is 40.8 Å². The number of aromatic nitrogens is 4. The molecule has 0 bridgehead atoms. The minimum Gasteiger partial charge on any atom is -0.395 e. The van der Waals surface area contributed by atoms with E-state index in [0.29, 0.717) is 29.1 Å². The second-order valence-corrected chi connectivity index (χ2v) is 5.77. The van der Waals surface area contributed by atoms with E-state index in [4.69, 9.17) is 5.11 Å². The highest BCUT2D eigenvalue weighted by molar-refractivity contribution is 14.1. The van der Waals surface area contributed by atoms with Crippen LogP contribution < -0.4 is 5.32 Å². The van der Waals surface area contributed by atoms with E-state index in [1.54, 1.807) is 23.0 Å². The van der Waals surface area contributed by atoms with Gasteiger partial charge in [0, 0.05) is 15.7 Å². The van der Waals surface area contributed by atoms with Crippen LogP contribution in [0, 0.1) is 3.57 Å². The van der Waals surface area contributed by atoms with E-state index in [2.05, 4.69) is 42.9 Å².